The molecule has 34 heavy (non-hydrogen) atoms. The van der Waals surface area contributed by atoms with Gasteiger partial charge in [-0.1, -0.05) is 29.4 Å². The van der Waals surface area contributed by atoms with E-state index in [4.69, 9.17) is 15.2 Å². The number of nitriles is 1. The fourth-order valence-electron chi connectivity index (χ4n) is 4.15. The summed E-state index contributed by atoms with van der Waals surface area (Å²) in [6, 6.07) is 15.4. The van der Waals surface area contributed by atoms with E-state index in [2.05, 4.69) is 26.5 Å². The number of pyridine rings is 1. The lowest BCUT2D eigenvalue weighted by atomic mass is 9.77. The maximum absolute atomic E-state index is 9.92. The van der Waals surface area contributed by atoms with Gasteiger partial charge in [0.2, 0.25) is 0 Å². The van der Waals surface area contributed by atoms with E-state index in [-0.39, 0.29) is 12.4 Å². The van der Waals surface area contributed by atoms with E-state index in [1.165, 1.54) is 0 Å². The Balaban J connectivity index is 1.48. The quantitative estimate of drug-likeness (QED) is 0.415. The topological polar surface area (TPSA) is 147 Å². The van der Waals surface area contributed by atoms with Gasteiger partial charge >= 0.3 is 0 Å². The van der Waals surface area contributed by atoms with Crippen molar-refractivity contribution in [1.82, 2.24) is 25.4 Å². The number of nitrogens with one attached hydrogen (secondary N) is 1. The van der Waals surface area contributed by atoms with Crippen LogP contribution < -0.4 is 11.1 Å². The van der Waals surface area contributed by atoms with Gasteiger partial charge in [0.25, 0.3) is 0 Å². The number of aromatic nitrogens is 4. The molecule has 0 radical (unpaired) electrons. The first kappa shape index (κ1) is 21.7. The van der Waals surface area contributed by atoms with Crippen LogP contribution in [0, 0.1) is 11.3 Å². The molecule has 5 rings (SSSR count). The molecule has 1 aliphatic rings. The van der Waals surface area contributed by atoms with Crippen molar-refractivity contribution in [2.75, 3.05) is 18.8 Å². The van der Waals surface area contributed by atoms with Crippen LogP contribution in [0.4, 0.5) is 5.82 Å². The summed E-state index contributed by atoms with van der Waals surface area (Å²) in [5, 5.41) is 26.6. The van der Waals surface area contributed by atoms with Crippen molar-refractivity contribution < 1.29 is 9.63 Å². The lowest BCUT2D eigenvalue weighted by molar-refractivity contribution is 0.282. The Labute approximate surface area is 196 Å². The lowest BCUT2D eigenvalue weighted by Gasteiger charge is -2.30. The highest BCUT2D eigenvalue weighted by atomic mass is 16.5. The summed E-state index contributed by atoms with van der Waals surface area (Å²) < 4.78 is 5.54. The SMILES string of the molecule is N#CC1(c2cc(-c3cnc(N)c(-c4cc(-c5ccc(CO)cc5)no4)n3)ccn2)CCNCC1. The van der Waals surface area contributed by atoms with E-state index >= 15 is 0 Å². The van der Waals surface area contributed by atoms with Crippen molar-refractivity contribution in [3.8, 4) is 40.0 Å². The number of benzene rings is 1. The number of aliphatic hydroxyl groups is 1. The van der Waals surface area contributed by atoms with Gasteiger partial charge in [-0.05, 0) is 43.6 Å². The third-order valence-electron chi connectivity index (χ3n) is 6.19. The summed E-state index contributed by atoms with van der Waals surface area (Å²) in [6.07, 6.45) is 4.72. The molecule has 170 valence electrons. The summed E-state index contributed by atoms with van der Waals surface area (Å²) in [5.41, 5.74) is 10.3. The molecule has 0 bridgehead atoms. The van der Waals surface area contributed by atoms with Crippen molar-refractivity contribution >= 4 is 5.82 Å². The van der Waals surface area contributed by atoms with Crippen LogP contribution in [0.25, 0.3) is 34.0 Å². The van der Waals surface area contributed by atoms with Crippen LogP contribution in [0.1, 0.15) is 24.1 Å². The minimum Gasteiger partial charge on any atom is -0.392 e. The largest absolute Gasteiger partial charge is 0.392 e. The number of piperidine rings is 1. The van der Waals surface area contributed by atoms with E-state index < -0.39 is 5.41 Å². The molecular formula is C25H23N7O2. The average molecular weight is 454 g/mol. The molecule has 9 nitrogen and oxygen atoms in total. The Morgan fingerprint density at radius 1 is 1.06 bits per heavy atom. The second-order valence-electron chi connectivity index (χ2n) is 8.29. The van der Waals surface area contributed by atoms with Crippen LogP contribution in [0.15, 0.2) is 59.4 Å². The van der Waals surface area contributed by atoms with Gasteiger partial charge in [0.1, 0.15) is 11.1 Å². The number of aliphatic hydroxyl groups excluding tert-OH is 1. The first-order valence-electron chi connectivity index (χ1n) is 11.0. The molecule has 0 atom stereocenters. The summed E-state index contributed by atoms with van der Waals surface area (Å²) >= 11 is 0. The lowest BCUT2D eigenvalue weighted by Crippen LogP contribution is -2.39. The second kappa shape index (κ2) is 9.02. The Morgan fingerprint density at radius 3 is 2.59 bits per heavy atom. The van der Waals surface area contributed by atoms with E-state index in [0.29, 0.717) is 35.7 Å². The Hall–Kier alpha value is -4.13. The first-order valence-corrected chi connectivity index (χ1v) is 11.0. The number of nitrogen functional groups attached to an aromatic ring is 1. The Bertz CT molecular complexity index is 1350. The van der Waals surface area contributed by atoms with Crippen LogP contribution in [0.2, 0.25) is 0 Å². The fraction of sp³-hybridized carbons (Fsp3) is 0.240. The van der Waals surface area contributed by atoms with Gasteiger partial charge in [-0.3, -0.25) is 4.98 Å². The summed E-state index contributed by atoms with van der Waals surface area (Å²) in [4.78, 5) is 13.5. The van der Waals surface area contributed by atoms with E-state index in [0.717, 1.165) is 35.5 Å². The third-order valence-corrected chi connectivity index (χ3v) is 6.19. The van der Waals surface area contributed by atoms with Gasteiger partial charge < -0.3 is 20.7 Å². The van der Waals surface area contributed by atoms with Crippen LogP contribution in [-0.2, 0) is 12.0 Å². The molecule has 1 fully saturated rings. The van der Waals surface area contributed by atoms with E-state index in [9.17, 15) is 10.4 Å². The molecule has 3 aromatic heterocycles. The summed E-state index contributed by atoms with van der Waals surface area (Å²) in [5.74, 6) is 0.623. The van der Waals surface area contributed by atoms with Gasteiger partial charge in [0, 0.05) is 23.4 Å². The molecule has 4 N–H and O–H groups in total. The molecule has 0 spiro atoms. The van der Waals surface area contributed by atoms with Crippen molar-refractivity contribution in [3.63, 3.8) is 0 Å². The molecular weight excluding hydrogens is 430 g/mol. The highest BCUT2D eigenvalue weighted by Crippen LogP contribution is 2.34. The number of nitrogens with two attached hydrogens (primary N) is 1. The molecule has 9 heteroatoms. The smallest absolute Gasteiger partial charge is 0.189 e. The molecule has 1 aromatic carbocycles. The molecule has 0 aliphatic carbocycles. The highest BCUT2D eigenvalue weighted by molar-refractivity contribution is 5.73. The van der Waals surface area contributed by atoms with E-state index in [1.807, 2.05) is 36.4 Å². The number of hydrogen-bond acceptors (Lipinski definition) is 9. The maximum atomic E-state index is 9.92. The average Bonchev–Trinajstić information content (AvgIpc) is 3.39. The van der Waals surface area contributed by atoms with Crippen molar-refractivity contribution in [3.05, 3.63) is 66.1 Å². The van der Waals surface area contributed by atoms with Crippen molar-refractivity contribution in [1.29, 1.82) is 5.26 Å². The Morgan fingerprint density at radius 2 is 1.85 bits per heavy atom. The molecule has 0 saturated carbocycles. The minimum atomic E-state index is -0.614. The zero-order valence-electron chi connectivity index (χ0n) is 18.4. The van der Waals surface area contributed by atoms with Gasteiger partial charge in [-0.2, -0.15) is 5.26 Å². The standard InChI is InChI=1S/C25H23N7O2/c26-15-25(6-9-28-10-7-25)22-11-18(5-8-29-22)20-13-30-24(27)23(31-20)21-12-19(32-34-21)17-3-1-16(14-33)2-4-17/h1-5,8,11-13,28,33H,6-7,9-10,14H2,(H2,27,30). The second-order valence-corrected chi connectivity index (χ2v) is 8.29. The number of anilines is 1. The molecule has 0 amide bonds. The zero-order chi connectivity index (χ0) is 23.5. The highest BCUT2D eigenvalue weighted by Gasteiger charge is 2.35. The minimum absolute atomic E-state index is 0.0215. The van der Waals surface area contributed by atoms with Crippen LogP contribution in [-0.4, -0.2) is 38.3 Å². The predicted octanol–water partition coefficient (Wildman–Crippen LogP) is 3.08. The summed E-state index contributed by atoms with van der Waals surface area (Å²) in [7, 11) is 0. The number of nitrogens with zero attached hydrogens (tertiary/aromatic N) is 5. The molecule has 4 heterocycles. The Kier molecular flexibility index (Phi) is 5.76. The number of rotatable bonds is 5. The van der Waals surface area contributed by atoms with Crippen molar-refractivity contribution in [2.45, 2.75) is 24.9 Å². The van der Waals surface area contributed by atoms with Gasteiger partial charge in [0.15, 0.2) is 17.3 Å². The van der Waals surface area contributed by atoms with E-state index in [1.54, 1.807) is 18.5 Å². The summed E-state index contributed by atoms with van der Waals surface area (Å²) in [6.45, 7) is 1.54. The van der Waals surface area contributed by atoms with Gasteiger partial charge in [-0.25, -0.2) is 9.97 Å². The van der Waals surface area contributed by atoms with Gasteiger partial charge in [-0.15, -0.1) is 0 Å². The van der Waals surface area contributed by atoms with Crippen LogP contribution in [0.5, 0.6) is 0 Å². The predicted molar refractivity (Wildman–Crippen MR) is 126 cm³/mol. The van der Waals surface area contributed by atoms with Crippen molar-refractivity contribution in [2.24, 2.45) is 0 Å². The molecule has 0 unspecified atom stereocenters. The normalized spacial score (nSPS) is 15.1. The van der Waals surface area contributed by atoms with Crippen LogP contribution in [0.3, 0.4) is 0 Å². The number of hydrogen-bond donors (Lipinski definition) is 3. The maximum Gasteiger partial charge on any atom is 0.189 e. The molecule has 1 saturated heterocycles. The van der Waals surface area contributed by atoms with Crippen LogP contribution >= 0.6 is 0 Å². The monoisotopic (exact) mass is 453 g/mol. The first-order chi connectivity index (χ1) is 16.6. The zero-order valence-corrected chi connectivity index (χ0v) is 18.4. The fourth-order valence-corrected chi connectivity index (χ4v) is 4.15. The third kappa shape index (κ3) is 4.01. The molecule has 4 aromatic rings. The molecule has 1 aliphatic heterocycles. The van der Waals surface area contributed by atoms with Gasteiger partial charge in [0.05, 0.1) is 30.3 Å².